The molecule has 4 nitrogen and oxygen atoms in total. The van der Waals surface area contributed by atoms with Crippen molar-refractivity contribution in [1.82, 2.24) is 10.3 Å². The van der Waals surface area contributed by atoms with E-state index in [4.69, 9.17) is 0 Å². The van der Waals surface area contributed by atoms with Gasteiger partial charge in [0.2, 0.25) is 0 Å². The molecule has 2 N–H and O–H groups in total. The summed E-state index contributed by atoms with van der Waals surface area (Å²) < 4.78 is 0. The maximum absolute atomic E-state index is 10.8. The molecular formula is C8H11N3O. The van der Waals surface area contributed by atoms with Crippen molar-refractivity contribution >= 4 is 11.7 Å². The van der Waals surface area contributed by atoms with Crippen LogP contribution < -0.4 is 10.6 Å². The first kappa shape index (κ1) is 8.52. The van der Waals surface area contributed by atoms with E-state index in [9.17, 15) is 4.79 Å². The lowest BCUT2D eigenvalue weighted by Crippen LogP contribution is -2.24. The smallest absolute Gasteiger partial charge is 0.319 e. The van der Waals surface area contributed by atoms with E-state index in [1.165, 1.54) is 0 Å². The normalized spacial score (nSPS) is 9.17. The number of carbonyl (C=O) groups is 1. The second-order valence-electron chi connectivity index (χ2n) is 2.39. The number of carbonyl (C=O) groups excluding carboxylic acids is 1. The number of rotatable bonds is 1. The number of nitrogens with zero attached hydrogens (tertiary/aromatic N) is 1. The van der Waals surface area contributed by atoms with E-state index in [2.05, 4.69) is 15.6 Å². The third-order valence-electron chi connectivity index (χ3n) is 1.40. The first-order valence-corrected chi connectivity index (χ1v) is 3.64. The van der Waals surface area contributed by atoms with E-state index in [-0.39, 0.29) is 6.03 Å². The van der Waals surface area contributed by atoms with Crippen LogP contribution in [0.3, 0.4) is 0 Å². The summed E-state index contributed by atoms with van der Waals surface area (Å²) in [4.78, 5) is 14.8. The summed E-state index contributed by atoms with van der Waals surface area (Å²) in [6, 6.07) is 3.41. The van der Waals surface area contributed by atoms with Crippen molar-refractivity contribution in [3.05, 3.63) is 24.0 Å². The van der Waals surface area contributed by atoms with Crippen LogP contribution >= 0.6 is 0 Å². The van der Waals surface area contributed by atoms with Gasteiger partial charge in [-0.15, -0.1) is 0 Å². The Bertz CT molecular complexity index is 268. The van der Waals surface area contributed by atoms with Gasteiger partial charge in [0.05, 0.1) is 11.9 Å². The molecule has 1 rings (SSSR count). The number of hydrogen-bond acceptors (Lipinski definition) is 2. The predicted molar refractivity (Wildman–Crippen MR) is 47.1 cm³/mol. The molecule has 0 atom stereocenters. The lowest BCUT2D eigenvalue weighted by atomic mass is 10.3. The van der Waals surface area contributed by atoms with E-state index in [0.717, 1.165) is 5.69 Å². The number of nitrogens with one attached hydrogen (secondary N) is 2. The quantitative estimate of drug-likeness (QED) is 0.655. The molecule has 0 aliphatic rings. The number of hydrogen-bond donors (Lipinski definition) is 2. The third kappa shape index (κ3) is 2.23. The third-order valence-corrected chi connectivity index (χ3v) is 1.40. The van der Waals surface area contributed by atoms with Crippen molar-refractivity contribution in [2.24, 2.45) is 0 Å². The standard InChI is InChI=1S/C8H11N3O/c1-6-3-4-7(5-10-6)11-8(12)9-2/h3-5H,1-2H3,(H2,9,11,12). The topological polar surface area (TPSA) is 54.0 Å². The van der Waals surface area contributed by atoms with Crippen LogP contribution in [-0.2, 0) is 0 Å². The second-order valence-corrected chi connectivity index (χ2v) is 2.39. The highest BCUT2D eigenvalue weighted by atomic mass is 16.2. The summed E-state index contributed by atoms with van der Waals surface area (Å²) in [5.41, 5.74) is 1.62. The van der Waals surface area contributed by atoms with Crippen LogP contribution in [0.15, 0.2) is 18.3 Å². The van der Waals surface area contributed by atoms with Gasteiger partial charge in [-0.1, -0.05) is 0 Å². The fourth-order valence-electron chi connectivity index (χ4n) is 0.735. The van der Waals surface area contributed by atoms with Crippen molar-refractivity contribution in [2.45, 2.75) is 6.92 Å². The van der Waals surface area contributed by atoms with Gasteiger partial charge in [0.25, 0.3) is 0 Å². The predicted octanol–water partition coefficient (Wildman–Crippen LogP) is 1.14. The van der Waals surface area contributed by atoms with Gasteiger partial charge in [-0.05, 0) is 19.1 Å². The Morgan fingerprint density at radius 1 is 1.50 bits per heavy atom. The Morgan fingerprint density at radius 2 is 2.25 bits per heavy atom. The molecule has 0 saturated carbocycles. The number of anilines is 1. The molecule has 0 fully saturated rings. The summed E-state index contributed by atoms with van der Waals surface area (Å²) in [5, 5.41) is 5.06. The van der Waals surface area contributed by atoms with Gasteiger partial charge in [-0.2, -0.15) is 0 Å². The zero-order chi connectivity index (χ0) is 8.97. The maximum Gasteiger partial charge on any atom is 0.319 e. The molecule has 2 amide bonds. The van der Waals surface area contributed by atoms with Crippen LogP contribution in [0.1, 0.15) is 5.69 Å². The number of aromatic nitrogens is 1. The van der Waals surface area contributed by atoms with Crippen molar-refractivity contribution in [2.75, 3.05) is 12.4 Å². The Labute approximate surface area is 71.0 Å². The summed E-state index contributed by atoms with van der Waals surface area (Å²) in [6.07, 6.45) is 1.62. The lowest BCUT2D eigenvalue weighted by Gasteiger charge is -2.02. The minimum Gasteiger partial charge on any atom is -0.341 e. The minimum absolute atomic E-state index is 0.236. The molecule has 1 heterocycles. The molecule has 0 unspecified atom stereocenters. The summed E-state index contributed by atoms with van der Waals surface area (Å²) in [7, 11) is 1.57. The van der Waals surface area contributed by atoms with Crippen LogP contribution in [-0.4, -0.2) is 18.1 Å². The molecule has 4 heteroatoms. The van der Waals surface area contributed by atoms with Gasteiger partial charge < -0.3 is 10.6 Å². The first-order chi connectivity index (χ1) is 5.72. The molecule has 1 aromatic heterocycles. The van der Waals surface area contributed by atoms with Crippen molar-refractivity contribution in [3.63, 3.8) is 0 Å². The Morgan fingerprint density at radius 3 is 2.75 bits per heavy atom. The highest BCUT2D eigenvalue weighted by molar-refractivity contribution is 5.88. The second kappa shape index (κ2) is 3.71. The van der Waals surface area contributed by atoms with Crippen LogP contribution in [0.5, 0.6) is 0 Å². The fourth-order valence-corrected chi connectivity index (χ4v) is 0.735. The highest BCUT2D eigenvalue weighted by Crippen LogP contribution is 2.04. The molecule has 0 bridgehead atoms. The number of amides is 2. The van der Waals surface area contributed by atoms with E-state index in [0.29, 0.717) is 5.69 Å². The van der Waals surface area contributed by atoms with Gasteiger partial charge in [0.15, 0.2) is 0 Å². The zero-order valence-corrected chi connectivity index (χ0v) is 7.09. The summed E-state index contributed by atoms with van der Waals surface area (Å²) in [6.45, 7) is 1.89. The molecule has 64 valence electrons. The van der Waals surface area contributed by atoms with Crippen molar-refractivity contribution < 1.29 is 4.79 Å². The molecule has 0 radical (unpaired) electrons. The Kier molecular flexibility index (Phi) is 2.63. The van der Waals surface area contributed by atoms with Crippen LogP contribution in [0, 0.1) is 6.92 Å². The molecule has 12 heavy (non-hydrogen) atoms. The van der Waals surface area contributed by atoms with Gasteiger partial charge in [0, 0.05) is 12.7 Å². The maximum atomic E-state index is 10.8. The van der Waals surface area contributed by atoms with Crippen LogP contribution in [0.2, 0.25) is 0 Å². The van der Waals surface area contributed by atoms with E-state index >= 15 is 0 Å². The van der Waals surface area contributed by atoms with Gasteiger partial charge in [0.1, 0.15) is 0 Å². The first-order valence-electron chi connectivity index (χ1n) is 3.64. The van der Waals surface area contributed by atoms with E-state index in [1.807, 2.05) is 13.0 Å². The van der Waals surface area contributed by atoms with Gasteiger partial charge in [-0.25, -0.2) is 4.79 Å². The highest BCUT2D eigenvalue weighted by Gasteiger charge is 1.96. The summed E-state index contributed by atoms with van der Waals surface area (Å²) in [5.74, 6) is 0. The number of urea groups is 1. The molecule has 0 aromatic carbocycles. The average molecular weight is 165 g/mol. The lowest BCUT2D eigenvalue weighted by molar-refractivity contribution is 0.254. The van der Waals surface area contributed by atoms with Crippen molar-refractivity contribution in [1.29, 1.82) is 0 Å². The molecule has 0 saturated heterocycles. The molecular weight excluding hydrogens is 154 g/mol. The number of aryl methyl sites for hydroxylation is 1. The summed E-state index contributed by atoms with van der Waals surface area (Å²) >= 11 is 0. The van der Waals surface area contributed by atoms with Gasteiger partial charge in [-0.3, -0.25) is 4.98 Å². The van der Waals surface area contributed by atoms with Crippen LogP contribution in [0.4, 0.5) is 10.5 Å². The Balaban J connectivity index is 2.64. The van der Waals surface area contributed by atoms with Crippen LogP contribution in [0.25, 0.3) is 0 Å². The SMILES string of the molecule is CNC(=O)Nc1ccc(C)nc1. The van der Waals surface area contributed by atoms with Crippen molar-refractivity contribution in [3.8, 4) is 0 Å². The number of pyridine rings is 1. The molecule has 1 aromatic rings. The monoisotopic (exact) mass is 165 g/mol. The fraction of sp³-hybridized carbons (Fsp3) is 0.250. The minimum atomic E-state index is -0.236. The largest absolute Gasteiger partial charge is 0.341 e. The molecule has 0 aliphatic carbocycles. The van der Waals surface area contributed by atoms with Gasteiger partial charge >= 0.3 is 6.03 Å². The average Bonchev–Trinajstić information content (AvgIpc) is 2.09. The van der Waals surface area contributed by atoms with E-state index in [1.54, 1.807) is 19.3 Å². The van der Waals surface area contributed by atoms with E-state index < -0.39 is 0 Å². The Hall–Kier alpha value is -1.58. The molecule has 0 aliphatic heterocycles. The molecule has 0 spiro atoms. The zero-order valence-electron chi connectivity index (χ0n) is 7.09.